The van der Waals surface area contributed by atoms with Crippen molar-refractivity contribution in [3.8, 4) is 0 Å². The van der Waals surface area contributed by atoms with Gasteiger partial charge < -0.3 is 20.7 Å². The van der Waals surface area contributed by atoms with Crippen LogP contribution in [-0.2, 0) is 9.53 Å². The van der Waals surface area contributed by atoms with Gasteiger partial charge in [0.05, 0.1) is 6.10 Å². The quantitative estimate of drug-likeness (QED) is 0.736. The molecule has 1 unspecified atom stereocenters. The maximum atomic E-state index is 12.0. The van der Waals surface area contributed by atoms with Gasteiger partial charge in [-0.3, -0.25) is 4.79 Å². The molecule has 0 saturated carbocycles. The highest BCUT2D eigenvalue weighted by Gasteiger charge is 2.30. The summed E-state index contributed by atoms with van der Waals surface area (Å²) in [4.78, 5) is 14.3. The Morgan fingerprint density at radius 3 is 2.40 bits per heavy atom. The Labute approximate surface area is 134 Å². The topological polar surface area (TPSA) is 67.6 Å². The van der Waals surface area contributed by atoms with Crippen molar-refractivity contribution in [2.75, 3.05) is 26.2 Å². The summed E-state index contributed by atoms with van der Waals surface area (Å²) in [6.45, 7) is 9.68. The highest BCUT2D eigenvalue weighted by atomic mass is 35.5. The molecule has 0 aliphatic carbocycles. The van der Waals surface area contributed by atoms with Gasteiger partial charge in [-0.1, -0.05) is 13.8 Å². The van der Waals surface area contributed by atoms with Crippen LogP contribution >= 0.6 is 24.8 Å². The molecule has 0 spiro atoms. The van der Waals surface area contributed by atoms with E-state index in [0.717, 1.165) is 32.5 Å². The molecule has 1 aliphatic rings. The molecule has 0 aromatic rings. The molecule has 0 aromatic carbocycles. The minimum atomic E-state index is -0.308. The second-order valence-corrected chi connectivity index (χ2v) is 4.96. The summed E-state index contributed by atoms with van der Waals surface area (Å²) in [7, 11) is 0. The fourth-order valence-electron chi connectivity index (χ4n) is 2.32. The van der Waals surface area contributed by atoms with Gasteiger partial charge in [0, 0.05) is 19.1 Å². The zero-order valence-electron chi connectivity index (χ0n) is 12.6. The molecular weight excluding hydrogens is 301 g/mol. The number of nitrogens with two attached hydrogens (primary N) is 1. The van der Waals surface area contributed by atoms with Crippen molar-refractivity contribution in [1.29, 1.82) is 0 Å². The van der Waals surface area contributed by atoms with E-state index in [9.17, 15) is 4.79 Å². The summed E-state index contributed by atoms with van der Waals surface area (Å²) < 4.78 is 5.58. The zero-order valence-corrected chi connectivity index (χ0v) is 14.3. The van der Waals surface area contributed by atoms with Crippen LogP contribution in [0.25, 0.3) is 0 Å². The van der Waals surface area contributed by atoms with E-state index in [4.69, 9.17) is 10.5 Å². The smallest absolute Gasteiger partial charge is 0.249 e. The van der Waals surface area contributed by atoms with E-state index in [0.29, 0.717) is 6.54 Å². The third kappa shape index (κ3) is 7.09. The number of ether oxygens (including phenoxy) is 1. The average molecular weight is 330 g/mol. The molecule has 20 heavy (non-hydrogen) atoms. The lowest BCUT2D eigenvalue weighted by Crippen LogP contribution is -2.45. The van der Waals surface area contributed by atoms with Crippen molar-refractivity contribution in [3.05, 3.63) is 0 Å². The highest BCUT2D eigenvalue weighted by molar-refractivity contribution is 5.85. The maximum absolute atomic E-state index is 12.0. The number of likely N-dealkylation sites (N-methyl/N-ethyl adjacent to an activating group) is 1. The van der Waals surface area contributed by atoms with E-state index in [1.807, 2.05) is 6.92 Å². The number of amides is 1. The standard InChI is InChI=1S/C13H27N3O2.2ClH/c1-4-16(5-2)9-10(3)15-13(17)12-7-6-11(8-14)18-12;;/h10-12H,4-9,14H2,1-3H3,(H,15,17);2*1H/t10?,11-,12+;;/m1../s1. The van der Waals surface area contributed by atoms with Crippen molar-refractivity contribution < 1.29 is 9.53 Å². The van der Waals surface area contributed by atoms with E-state index in [-0.39, 0.29) is 49.0 Å². The van der Waals surface area contributed by atoms with Crippen molar-refractivity contribution in [2.24, 2.45) is 5.73 Å². The molecule has 7 heteroatoms. The number of hydrogen-bond donors (Lipinski definition) is 2. The van der Waals surface area contributed by atoms with Gasteiger partial charge in [0.1, 0.15) is 6.10 Å². The molecule has 1 saturated heterocycles. The molecule has 1 amide bonds. The first-order valence-corrected chi connectivity index (χ1v) is 6.98. The summed E-state index contributed by atoms with van der Waals surface area (Å²) in [5.41, 5.74) is 5.54. The van der Waals surface area contributed by atoms with E-state index in [1.165, 1.54) is 0 Å². The molecule has 3 N–H and O–H groups in total. The minimum absolute atomic E-state index is 0. The van der Waals surface area contributed by atoms with Crippen LogP contribution < -0.4 is 11.1 Å². The van der Waals surface area contributed by atoms with Gasteiger partial charge >= 0.3 is 0 Å². The predicted molar refractivity (Wildman–Crippen MR) is 86.8 cm³/mol. The van der Waals surface area contributed by atoms with E-state index in [2.05, 4.69) is 24.1 Å². The van der Waals surface area contributed by atoms with Crippen LogP contribution in [0.1, 0.15) is 33.6 Å². The summed E-state index contributed by atoms with van der Waals surface area (Å²) >= 11 is 0. The summed E-state index contributed by atoms with van der Waals surface area (Å²) in [6.07, 6.45) is 1.42. The highest BCUT2D eigenvalue weighted by Crippen LogP contribution is 2.18. The Bertz CT molecular complexity index is 266. The lowest BCUT2D eigenvalue weighted by Gasteiger charge is -2.24. The van der Waals surface area contributed by atoms with Gasteiger partial charge in [0.2, 0.25) is 5.91 Å². The largest absolute Gasteiger partial charge is 0.364 e. The molecular formula is C13H29Cl2N3O2. The SMILES string of the molecule is CCN(CC)CC(C)NC(=O)[C@@H]1CC[C@H](CN)O1.Cl.Cl. The average Bonchev–Trinajstić information content (AvgIpc) is 2.84. The van der Waals surface area contributed by atoms with Crippen molar-refractivity contribution in [1.82, 2.24) is 10.2 Å². The molecule has 3 atom stereocenters. The Hall–Kier alpha value is -0.0700. The molecule has 122 valence electrons. The van der Waals surface area contributed by atoms with Crippen LogP contribution in [0.2, 0.25) is 0 Å². The molecule has 1 fully saturated rings. The zero-order chi connectivity index (χ0) is 13.5. The lowest BCUT2D eigenvalue weighted by atomic mass is 10.2. The third-order valence-electron chi connectivity index (χ3n) is 3.48. The van der Waals surface area contributed by atoms with Crippen LogP contribution in [0.4, 0.5) is 0 Å². The van der Waals surface area contributed by atoms with E-state index in [1.54, 1.807) is 0 Å². The number of rotatable bonds is 7. The normalized spacial score (nSPS) is 22.9. The molecule has 1 rings (SSSR count). The number of hydrogen-bond acceptors (Lipinski definition) is 4. The molecule has 0 bridgehead atoms. The first kappa shape index (κ1) is 22.2. The number of halogens is 2. The van der Waals surface area contributed by atoms with Crippen molar-refractivity contribution in [3.63, 3.8) is 0 Å². The van der Waals surface area contributed by atoms with Crippen molar-refractivity contribution >= 4 is 30.7 Å². The van der Waals surface area contributed by atoms with Crippen LogP contribution in [0.3, 0.4) is 0 Å². The Morgan fingerprint density at radius 2 is 1.95 bits per heavy atom. The summed E-state index contributed by atoms with van der Waals surface area (Å²) in [6, 6.07) is 0.151. The molecule has 0 aromatic heterocycles. The molecule has 5 nitrogen and oxygen atoms in total. The molecule has 1 aliphatic heterocycles. The first-order valence-electron chi connectivity index (χ1n) is 6.98. The lowest BCUT2D eigenvalue weighted by molar-refractivity contribution is -0.132. The van der Waals surface area contributed by atoms with Crippen molar-refractivity contribution in [2.45, 2.75) is 51.9 Å². The summed E-state index contributed by atoms with van der Waals surface area (Å²) in [5.74, 6) is 0.00519. The first-order chi connectivity index (χ1) is 8.60. The second kappa shape index (κ2) is 11.6. The van der Waals surface area contributed by atoms with Gasteiger partial charge in [-0.25, -0.2) is 0 Å². The number of carbonyl (C=O) groups is 1. The number of nitrogens with one attached hydrogen (secondary N) is 1. The Morgan fingerprint density at radius 1 is 1.35 bits per heavy atom. The molecule has 1 heterocycles. The summed E-state index contributed by atoms with van der Waals surface area (Å²) in [5, 5.41) is 3.02. The third-order valence-corrected chi connectivity index (χ3v) is 3.48. The number of nitrogens with zero attached hydrogens (tertiary/aromatic N) is 1. The van der Waals surface area contributed by atoms with Crippen LogP contribution in [0.15, 0.2) is 0 Å². The van der Waals surface area contributed by atoms with Crippen LogP contribution in [0.5, 0.6) is 0 Å². The van der Waals surface area contributed by atoms with Crippen LogP contribution in [0, 0.1) is 0 Å². The van der Waals surface area contributed by atoms with Gasteiger partial charge in [-0.2, -0.15) is 0 Å². The Balaban J connectivity index is 0. The monoisotopic (exact) mass is 329 g/mol. The Kier molecular flexibility index (Phi) is 12.9. The fraction of sp³-hybridized carbons (Fsp3) is 0.923. The van der Waals surface area contributed by atoms with Gasteiger partial charge in [-0.15, -0.1) is 24.8 Å². The van der Waals surface area contributed by atoms with Gasteiger partial charge in [0.25, 0.3) is 0 Å². The fourth-order valence-corrected chi connectivity index (χ4v) is 2.32. The number of carbonyl (C=O) groups excluding carboxylic acids is 1. The van der Waals surface area contributed by atoms with Crippen LogP contribution in [-0.4, -0.2) is 55.2 Å². The maximum Gasteiger partial charge on any atom is 0.249 e. The molecule has 0 radical (unpaired) electrons. The second-order valence-electron chi connectivity index (χ2n) is 4.96. The van der Waals surface area contributed by atoms with E-state index < -0.39 is 0 Å². The minimum Gasteiger partial charge on any atom is -0.364 e. The van der Waals surface area contributed by atoms with E-state index >= 15 is 0 Å². The predicted octanol–water partition coefficient (Wildman–Crippen LogP) is 1.18. The van der Waals surface area contributed by atoms with Gasteiger partial charge in [-0.05, 0) is 32.9 Å². The van der Waals surface area contributed by atoms with Gasteiger partial charge in [0.15, 0.2) is 0 Å².